The number of halogens is 3. The molecule has 1 heterocycles. The Labute approximate surface area is 165 Å². The van der Waals surface area contributed by atoms with E-state index >= 15 is 0 Å². The molecule has 2 amide bonds. The molecule has 3 rings (SSSR count). The number of nitro benzene ring substituents is 1. The zero-order valence-corrected chi connectivity index (χ0v) is 15.8. The van der Waals surface area contributed by atoms with E-state index in [1.165, 1.54) is 12.1 Å². The molecule has 0 bridgehead atoms. The molecule has 10 heteroatoms. The number of carbonyl (C=O) groups is 2. The number of hydrogen-bond donors (Lipinski definition) is 1. The SMILES string of the molecule is O=C1NN(c2ccc(Br)cc2)C(=O)/C1=C/c1cc([N+](=O)[O-])c(Cl)cc1Cl. The first kappa shape index (κ1) is 18.4. The van der Waals surface area contributed by atoms with Crippen LogP contribution in [-0.4, -0.2) is 16.7 Å². The molecule has 7 nitrogen and oxygen atoms in total. The van der Waals surface area contributed by atoms with Crippen molar-refractivity contribution >= 4 is 68.4 Å². The standard InChI is InChI=1S/C16H8BrCl2N3O4/c17-9-1-3-10(4-2-9)21-16(24)11(15(23)20-21)5-8-6-14(22(25)26)13(19)7-12(8)18/h1-7H,(H,20,23)/b11-5+. The highest BCUT2D eigenvalue weighted by Crippen LogP contribution is 2.33. The Kier molecular flexibility index (Phi) is 4.99. The van der Waals surface area contributed by atoms with Gasteiger partial charge in [-0.2, -0.15) is 0 Å². The van der Waals surface area contributed by atoms with Crippen LogP contribution in [0.4, 0.5) is 11.4 Å². The van der Waals surface area contributed by atoms with Gasteiger partial charge < -0.3 is 0 Å². The number of benzene rings is 2. The second-order valence-electron chi connectivity index (χ2n) is 5.20. The smallest absolute Gasteiger partial charge is 0.267 e. The Morgan fingerprint density at radius 1 is 1.12 bits per heavy atom. The summed E-state index contributed by atoms with van der Waals surface area (Å²) in [6.45, 7) is 0. The highest BCUT2D eigenvalue weighted by atomic mass is 79.9. The van der Waals surface area contributed by atoms with Crippen molar-refractivity contribution in [3.8, 4) is 0 Å². The van der Waals surface area contributed by atoms with E-state index in [4.69, 9.17) is 23.2 Å². The molecule has 2 aromatic rings. The molecule has 0 aromatic heterocycles. The minimum atomic E-state index is -0.675. The number of nitrogens with zero attached hydrogens (tertiary/aromatic N) is 2. The Bertz CT molecular complexity index is 976. The summed E-state index contributed by atoms with van der Waals surface area (Å²) in [5, 5.41) is 12.0. The van der Waals surface area contributed by atoms with Crippen molar-refractivity contribution in [3.63, 3.8) is 0 Å². The number of carbonyl (C=O) groups excluding carboxylic acids is 2. The van der Waals surface area contributed by atoms with E-state index in [0.717, 1.165) is 15.5 Å². The zero-order valence-electron chi connectivity index (χ0n) is 12.7. The molecule has 0 spiro atoms. The average molecular weight is 457 g/mol. The van der Waals surface area contributed by atoms with Crippen molar-refractivity contribution in [3.05, 3.63) is 72.2 Å². The van der Waals surface area contributed by atoms with Gasteiger partial charge in [-0.05, 0) is 36.4 Å². The summed E-state index contributed by atoms with van der Waals surface area (Å²) in [7, 11) is 0. The number of anilines is 1. The van der Waals surface area contributed by atoms with Crippen LogP contribution in [0.3, 0.4) is 0 Å². The lowest BCUT2D eigenvalue weighted by molar-refractivity contribution is -0.384. The van der Waals surface area contributed by atoms with Crippen LogP contribution in [-0.2, 0) is 9.59 Å². The fourth-order valence-electron chi connectivity index (χ4n) is 2.29. The first-order valence-electron chi connectivity index (χ1n) is 7.04. The molecule has 1 aliphatic heterocycles. The third kappa shape index (κ3) is 3.44. The fourth-order valence-corrected chi connectivity index (χ4v) is 3.06. The highest BCUT2D eigenvalue weighted by Gasteiger charge is 2.34. The summed E-state index contributed by atoms with van der Waals surface area (Å²) in [5.41, 5.74) is 2.46. The van der Waals surface area contributed by atoms with E-state index < -0.39 is 16.7 Å². The quantitative estimate of drug-likeness (QED) is 0.325. The van der Waals surface area contributed by atoms with E-state index in [2.05, 4.69) is 21.4 Å². The zero-order chi connectivity index (χ0) is 19.0. The largest absolute Gasteiger partial charge is 0.288 e. The van der Waals surface area contributed by atoms with Crippen LogP contribution in [0, 0.1) is 10.1 Å². The number of rotatable bonds is 3. The van der Waals surface area contributed by atoms with Crippen LogP contribution < -0.4 is 10.4 Å². The van der Waals surface area contributed by atoms with Crippen molar-refractivity contribution in [2.75, 3.05) is 5.01 Å². The minimum Gasteiger partial charge on any atom is -0.267 e. The van der Waals surface area contributed by atoms with Gasteiger partial charge in [0.2, 0.25) is 0 Å². The molecule has 0 saturated carbocycles. The average Bonchev–Trinajstić information content (AvgIpc) is 2.85. The van der Waals surface area contributed by atoms with Gasteiger partial charge in [-0.15, -0.1) is 0 Å². The topological polar surface area (TPSA) is 92.6 Å². The summed E-state index contributed by atoms with van der Waals surface area (Å²) in [6, 6.07) is 9.03. The van der Waals surface area contributed by atoms with Gasteiger partial charge in [-0.25, -0.2) is 5.01 Å². The second kappa shape index (κ2) is 7.06. The molecule has 2 aromatic carbocycles. The highest BCUT2D eigenvalue weighted by molar-refractivity contribution is 9.10. The van der Waals surface area contributed by atoms with Crippen LogP contribution in [0.5, 0.6) is 0 Å². The van der Waals surface area contributed by atoms with E-state index in [9.17, 15) is 19.7 Å². The molecule has 1 N–H and O–H groups in total. The number of hydrogen-bond acceptors (Lipinski definition) is 4. The summed E-state index contributed by atoms with van der Waals surface area (Å²) in [5.74, 6) is -1.25. The maximum atomic E-state index is 12.6. The molecular formula is C16H8BrCl2N3O4. The monoisotopic (exact) mass is 455 g/mol. The van der Waals surface area contributed by atoms with Crippen LogP contribution in [0.1, 0.15) is 5.56 Å². The molecular weight excluding hydrogens is 449 g/mol. The van der Waals surface area contributed by atoms with Gasteiger partial charge in [0.25, 0.3) is 17.5 Å². The van der Waals surface area contributed by atoms with Gasteiger partial charge in [-0.3, -0.25) is 25.1 Å². The molecule has 0 radical (unpaired) electrons. The van der Waals surface area contributed by atoms with E-state index in [0.29, 0.717) is 5.69 Å². The Morgan fingerprint density at radius 2 is 1.77 bits per heavy atom. The molecule has 1 saturated heterocycles. The van der Waals surface area contributed by atoms with E-state index in [-0.39, 0.29) is 26.9 Å². The Hall–Kier alpha value is -2.42. The predicted molar refractivity (Wildman–Crippen MR) is 101 cm³/mol. The van der Waals surface area contributed by atoms with Gasteiger partial charge in [0.1, 0.15) is 10.6 Å². The van der Waals surface area contributed by atoms with Gasteiger partial charge in [0, 0.05) is 21.1 Å². The third-order valence-electron chi connectivity index (χ3n) is 3.54. The lowest BCUT2D eigenvalue weighted by Crippen LogP contribution is -2.35. The fraction of sp³-hybridized carbons (Fsp3) is 0. The van der Waals surface area contributed by atoms with Crippen molar-refractivity contribution in [1.82, 2.24) is 5.43 Å². The summed E-state index contributed by atoms with van der Waals surface area (Å²) in [4.78, 5) is 35.1. The van der Waals surface area contributed by atoms with Crippen LogP contribution in [0.2, 0.25) is 10.0 Å². The van der Waals surface area contributed by atoms with Gasteiger partial charge >= 0.3 is 0 Å². The van der Waals surface area contributed by atoms with Gasteiger partial charge in [-0.1, -0.05) is 39.1 Å². The normalized spacial score (nSPS) is 15.5. The third-order valence-corrected chi connectivity index (χ3v) is 4.70. The Balaban J connectivity index is 2.00. The molecule has 0 aliphatic carbocycles. The summed E-state index contributed by atoms with van der Waals surface area (Å²) < 4.78 is 0.815. The Morgan fingerprint density at radius 3 is 2.38 bits per heavy atom. The van der Waals surface area contributed by atoms with Crippen molar-refractivity contribution in [2.24, 2.45) is 0 Å². The van der Waals surface area contributed by atoms with Crippen molar-refractivity contribution in [2.45, 2.75) is 0 Å². The number of hydrazine groups is 1. The second-order valence-corrected chi connectivity index (χ2v) is 6.93. The molecule has 0 unspecified atom stereocenters. The summed E-state index contributed by atoms with van der Waals surface area (Å²) >= 11 is 15.1. The lowest BCUT2D eigenvalue weighted by atomic mass is 10.1. The van der Waals surface area contributed by atoms with Crippen molar-refractivity contribution in [1.29, 1.82) is 0 Å². The summed E-state index contributed by atoms with van der Waals surface area (Å²) in [6.07, 6.45) is 1.20. The van der Waals surface area contributed by atoms with Crippen LogP contribution in [0.25, 0.3) is 6.08 Å². The van der Waals surface area contributed by atoms with Gasteiger partial charge in [0.05, 0.1) is 10.6 Å². The molecule has 26 heavy (non-hydrogen) atoms. The van der Waals surface area contributed by atoms with E-state index in [1.54, 1.807) is 24.3 Å². The van der Waals surface area contributed by atoms with Gasteiger partial charge in [0.15, 0.2) is 0 Å². The maximum absolute atomic E-state index is 12.6. The lowest BCUT2D eigenvalue weighted by Gasteiger charge is -2.14. The van der Waals surface area contributed by atoms with Crippen LogP contribution in [0.15, 0.2) is 46.4 Å². The minimum absolute atomic E-state index is 0.0794. The number of amides is 2. The van der Waals surface area contributed by atoms with E-state index in [1.807, 2.05) is 0 Å². The first-order chi connectivity index (χ1) is 12.3. The number of nitrogens with one attached hydrogen (secondary N) is 1. The first-order valence-corrected chi connectivity index (χ1v) is 8.59. The molecule has 1 fully saturated rings. The van der Waals surface area contributed by atoms with Crippen molar-refractivity contribution < 1.29 is 14.5 Å². The maximum Gasteiger partial charge on any atom is 0.288 e. The number of nitro groups is 1. The van der Waals surface area contributed by atoms with Crippen LogP contribution >= 0.6 is 39.1 Å². The molecule has 132 valence electrons. The predicted octanol–water partition coefficient (Wildman–Crippen LogP) is 4.13. The molecule has 1 aliphatic rings. The molecule has 0 atom stereocenters.